The molecule has 0 saturated heterocycles. The Morgan fingerprint density at radius 2 is 1.83 bits per heavy atom. The second-order valence-corrected chi connectivity index (χ2v) is 10.7. The van der Waals surface area contributed by atoms with Gasteiger partial charge in [-0.3, -0.25) is 24.1 Å². The van der Waals surface area contributed by atoms with E-state index in [0.29, 0.717) is 34.7 Å². The zero-order valence-corrected chi connectivity index (χ0v) is 24.1. The van der Waals surface area contributed by atoms with Gasteiger partial charge in [0.05, 0.1) is 23.3 Å². The molecule has 5 rings (SSSR count). The summed E-state index contributed by atoms with van der Waals surface area (Å²) in [5.74, 6) is -0.671. The second kappa shape index (κ2) is 12.3. The van der Waals surface area contributed by atoms with E-state index in [2.05, 4.69) is 20.3 Å². The summed E-state index contributed by atoms with van der Waals surface area (Å²) in [5, 5.41) is 2.53. The fourth-order valence-electron chi connectivity index (χ4n) is 5.21. The summed E-state index contributed by atoms with van der Waals surface area (Å²) < 4.78 is 34.2. The van der Waals surface area contributed by atoms with E-state index in [1.54, 1.807) is 44.6 Å². The third-order valence-corrected chi connectivity index (χ3v) is 7.86. The highest BCUT2D eigenvalue weighted by Gasteiger charge is 2.28. The summed E-state index contributed by atoms with van der Waals surface area (Å²) in [6.07, 6.45) is 7.44. The molecule has 0 aromatic carbocycles. The summed E-state index contributed by atoms with van der Waals surface area (Å²) in [4.78, 5) is 43.0. The van der Waals surface area contributed by atoms with Crippen molar-refractivity contribution in [3.8, 4) is 22.8 Å². The Hall–Kier alpha value is -4.25. The number of nitrogens with zero attached hydrogens (tertiary/aromatic N) is 5. The van der Waals surface area contributed by atoms with Gasteiger partial charge in [0.1, 0.15) is 34.7 Å². The molecule has 1 saturated carbocycles. The van der Waals surface area contributed by atoms with E-state index in [1.807, 2.05) is 6.92 Å². The first-order valence-electron chi connectivity index (χ1n) is 13.5. The number of aryl methyl sites for hydroxylation is 2. The maximum absolute atomic E-state index is 14.0. The molecule has 4 heterocycles. The molecule has 218 valence electrons. The third-order valence-electron chi connectivity index (χ3n) is 7.51. The predicted octanol–water partition coefficient (Wildman–Crippen LogP) is 5.23. The Kier molecular flexibility index (Phi) is 8.58. The van der Waals surface area contributed by atoms with E-state index >= 15 is 0 Å². The molecule has 0 aliphatic heterocycles. The maximum Gasteiger partial charge on any atom is 0.277 e. The maximum atomic E-state index is 14.0. The van der Waals surface area contributed by atoms with Crippen LogP contribution in [0.3, 0.4) is 0 Å². The molecule has 1 aliphatic carbocycles. The monoisotopic (exact) mass is 594 g/mol. The van der Waals surface area contributed by atoms with Crippen molar-refractivity contribution in [1.29, 1.82) is 0 Å². The number of carbonyl (C=O) groups is 1. The minimum atomic E-state index is -0.861. The van der Waals surface area contributed by atoms with Crippen LogP contribution >= 0.6 is 11.6 Å². The van der Waals surface area contributed by atoms with Gasteiger partial charge in [0.25, 0.3) is 5.56 Å². The van der Waals surface area contributed by atoms with Gasteiger partial charge in [0.2, 0.25) is 5.91 Å². The molecule has 0 spiro atoms. The number of hydrogen-bond donors (Lipinski definition) is 1. The molecule has 1 fully saturated rings. The SMILES string of the molecule is CNC(=O)C1CCC(c2nccc(-c3cc(-n4c(C)cc(OCc5ncc(F)cc5F)c(Cl)c4=O)c(C)cn3)n2)CC1. The summed E-state index contributed by atoms with van der Waals surface area (Å²) >= 11 is 6.41. The van der Waals surface area contributed by atoms with Gasteiger partial charge in [-0.2, -0.15) is 0 Å². The number of ether oxygens (including phenoxy) is 1. The number of amides is 1. The van der Waals surface area contributed by atoms with E-state index in [9.17, 15) is 18.4 Å². The first-order valence-corrected chi connectivity index (χ1v) is 13.9. The van der Waals surface area contributed by atoms with Crippen LogP contribution in [0.4, 0.5) is 8.78 Å². The zero-order chi connectivity index (χ0) is 30.0. The number of rotatable bonds is 7. The average Bonchev–Trinajstić information content (AvgIpc) is 2.99. The Morgan fingerprint density at radius 3 is 2.55 bits per heavy atom. The number of nitrogens with one attached hydrogen (secondary N) is 1. The van der Waals surface area contributed by atoms with Gasteiger partial charge in [0, 0.05) is 49.1 Å². The van der Waals surface area contributed by atoms with Crippen molar-refractivity contribution in [2.75, 3.05) is 7.05 Å². The molecule has 4 aromatic heterocycles. The predicted molar refractivity (Wildman–Crippen MR) is 153 cm³/mol. The fraction of sp³-hybridized carbons (Fsp3) is 0.333. The summed E-state index contributed by atoms with van der Waals surface area (Å²) in [7, 11) is 1.66. The van der Waals surface area contributed by atoms with Gasteiger partial charge < -0.3 is 10.1 Å². The first kappa shape index (κ1) is 29.2. The van der Waals surface area contributed by atoms with Gasteiger partial charge in [0.15, 0.2) is 5.82 Å². The lowest BCUT2D eigenvalue weighted by Gasteiger charge is -2.26. The highest BCUT2D eigenvalue weighted by molar-refractivity contribution is 6.31. The smallest absolute Gasteiger partial charge is 0.277 e. The van der Waals surface area contributed by atoms with Crippen LogP contribution in [0, 0.1) is 31.4 Å². The van der Waals surface area contributed by atoms with E-state index in [-0.39, 0.29) is 40.8 Å². The van der Waals surface area contributed by atoms with Gasteiger partial charge >= 0.3 is 0 Å². The molecular weight excluding hydrogens is 566 g/mol. The van der Waals surface area contributed by atoms with Crippen molar-refractivity contribution in [2.45, 2.75) is 52.1 Å². The Labute approximate surface area is 246 Å². The van der Waals surface area contributed by atoms with Gasteiger partial charge in [-0.25, -0.2) is 18.7 Å². The summed E-state index contributed by atoms with van der Waals surface area (Å²) in [5.41, 5.74) is 2.33. The van der Waals surface area contributed by atoms with Crippen molar-refractivity contribution < 1.29 is 18.3 Å². The van der Waals surface area contributed by atoms with E-state index in [0.717, 1.165) is 37.4 Å². The van der Waals surface area contributed by atoms with Crippen LogP contribution in [-0.4, -0.2) is 37.5 Å². The van der Waals surface area contributed by atoms with Crippen molar-refractivity contribution in [2.24, 2.45) is 5.92 Å². The van der Waals surface area contributed by atoms with Crippen molar-refractivity contribution >= 4 is 17.5 Å². The average molecular weight is 595 g/mol. The second-order valence-electron chi connectivity index (χ2n) is 10.3. The van der Waals surface area contributed by atoms with Gasteiger partial charge in [-0.15, -0.1) is 0 Å². The Morgan fingerprint density at radius 1 is 1.07 bits per heavy atom. The van der Waals surface area contributed by atoms with Crippen LogP contribution in [-0.2, 0) is 11.4 Å². The Bertz CT molecular complexity index is 1710. The van der Waals surface area contributed by atoms with Crippen LogP contribution in [0.25, 0.3) is 17.1 Å². The zero-order valence-electron chi connectivity index (χ0n) is 23.3. The lowest BCUT2D eigenvalue weighted by atomic mass is 9.81. The largest absolute Gasteiger partial charge is 0.485 e. The van der Waals surface area contributed by atoms with Crippen molar-refractivity contribution in [3.05, 3.63) is 92.6 Å². The standard InChI is InChI=1S/C30H29ClF2N6O3/c1-16-13-36-23(22-8-9-35-28(38-22)18-4-6-19(7-5-18)29(40)34-3)12-25(16)39-17(2)10-26(27(31)30(39)41)42-15-24-21(33)11-20(32)14-37-24/h8-14,18-19H,4-7,15H2,1-3H3,(H,34,40). The van der Waals surface area contributed by atoms with Gasteiger partial charge in [-0.1, -0.05) is 11.6 Å². The van der Waals surface area contributed by atoms with Gasteiger partial charge in [-0.05, 0) is 57.2 Å². The number of carbonyl (C=O) groups excluding carboxylic acids is 1. The van der Waals surface area contributed by atoms with Crippen LogP contribution in [0.15, 0.2) is 47.7 Å². The van der Waals surface area contributed by atoms with Crippen molar-refractivity contribution in [1.82, 2.24) is 29.8 Å². The van der Waals surface area contributed by atoms with E-state index in [4.69, 9.17) is 21.3 Å². The third kappa shape index (κ3) is 6.01. The van der Waals surface area contributed by atoms with Crippen LogP contribution in [0.2, 0.25) is 5.02 Å². The molecule has 0 bridgehead atoms. The highest BCUT2D eigenvalue weighted by Crippen LogP contribution is 2.35. The van der Waals surface area contributed by atoms with E-state index < -0.39 is 17.2 Å². The minimum absolute atomic E-state index is 0.0154. The number of hydrogen-bond acceptors (Lipinski definition) is 7. The highest BCUT2D eigenvalue weighted by atomic mass is 35.5. The molecule has 0 unspecified atom stereocenters. The van der Waals surface area contributed by atoms with Crippen LogP contribution in [0.5, 0.6) is 5.75 Å². The normalized spacial score (nSPS) is 16.7. The molecule has 0 atom stereocenters. The molecule has 1 N–H and O–H groups in total. The molecule has 4 aromatic rings. The number of halogens is 3. The fourth-order valence-corrected chi connectivity index (χ4v) is 5.40. The van der Waals surface area contributed by atoms with E-state index in [1.165, 1.54) is 4.57 Å². The molecule has 1 aliphatic rings. The number of pyridine rings is 3. The first-order chi connectivity index (χ1) is 20.2. The minimum Gasteiger partial charge on any atom is -0.485 e. The lowest BCUT2D eigenvalue weighted by molar-refractivity contribution is -0.125. The van der Waals surface area contributed by atoms with Crippen LogP contribution in [0.1, 0.15) is 54.4 Å². The quantitative estimate of drug-likeness (QED) is 0.312. The lowest BCUT2D eigenvalue weighted by Crippen LogP contribution is -2.30. The Balaban J connectivity index is 1.41. The summed E-state index contributed by atoms with van der Waals surface area (Å²) in [6.45, 7) is 3.21. The number of aromatic nitrogens is 5. The summed E-state index contributed by atoms with van der Waals surface area (Å²) in [6, 6.07) is 5.82. The molecule has 9 nitrogen and oxygen atoms in total. The van der Waals surface area contributed by atoms with Crippen LogP contribution < -0.4 is 15.6 Å². The molecule has 12 heteroatoms. The molecule has 1 amide bonds. The molecule has 0 radical (unpaired) electrons. The van der Waals surface area contributed by atoms with Crippen molar-refractivity contribution in [3.63, 3.8) is 0 Å². The topological polar surface area (TPSA) is 112 Å². The molecule has 42 heavy (non-hydrogen) atoms. The molecular formula is C30H29ClF2N6O3.